The first-order chi connectivity index (χ1) is 6.88. The van der Waals surface area contributed by atoms with E-state index in [0.29, 0.717) is 12.1 Å². The molecule has 1 unspecified atom stereocenters. The molecule has 4 nitrogen and oxygen atoms in total. The second kappa shape index (κ2) is 5.07. The molecule has 4 heteroatoms. The third kappa shape index (κ3) is 2.67. The zero-order chi connectivity index (χ0) is 9.80. The molecule has 0 bridgehead atoms. The minimum Gasteiger partial charge on any atom is -0.378 e. The number of rotatable bonds is 4. The van der Waals surface area contributed by atoms with Gasteiger partial charge in [-0.05, 0) is 6.54 Å². The molecule has 0 aromatic rings. The first kappa shape index (κ1) is 10.4. The smallest absolute Gasteiger partial charge is 0.0826 e. The largest absolute Gasteiger partial charge is 0.378 e. The Morgan fingerprint density at radius 2 is 2.29 bits per heavy atom. The van der Waals surface area contributed by atoms with Crippen LogP contribution in [0, 0.1) is 0 Å². The van der Waals surface area contributed by atoms with Crippen molar-refractivity contribution in [3.63, 3.8) is 0 Å². The van der Waals surface area contributed by atoms with Crippen LogP contribution in [-0.4, -0.2) is 63.0 Å². The maximum absolute atomic E-state index is 5.68. The van der Waals surface area contributed by atoms with E-state index in [1.807, 2.05) is 0 Å². The van der Waals surface area contributed by atoms with Crippen LogP contribution in [0.2, 0.25) is 0 Å². The molecular formula is C10H20N2O2. The van der Waals surface area contributed by atoms with E-state index < -0.39 is 0 Å². The molecular weight excluding hydrogens is 180 g/mol. The van der Waals surface area contributed by atoms with Crippen molar-refractivity contribution < 1.29 is 9.47 Å². The second-order valence-corrected chi connectivity index (χ2v) is 4.03. The number of hydrogen-bond donors (Lipinski definition) is 1. The molecule has 0 aliphatic carbocycles. The fourth-order valence-electron chi connectivity index (χ4n) is 1.84. The van der Waals surface area contributed by atoms with Gasteiger partial charge in [-0.3, -0.25) is 4.90 Å². The highest BCUT2D eigenvalue weighted by atomic mass is 16.5. The predicted octanol–water partition coefficient (Wildman–Crippen LogP) is -0.304. The lowest BCUT2D eigenvalue weighted by molar-refractivity contribution is -0.0428. The van der Waals surface area contributed by atoms with Crippen molar-refractivity contribution in [1.29, 1.82) is 0 Å². The van der Waals surface area contributed by atoms with E-state index in [9.17, 15) is 0 Å². The summed E-state index contributed by atoms with van der Waals surface area (Å²) >= 11 is 0. The molecule has 14 heavy (non-hydrogen) atoms. The molecule has 2 fully saturated rings. The van der Waals surface area contributed by atoms with Gasteiger partial charge < -0.3 is 14.8 Å². The summed E-state index contributed by atoms with van der Waals surface area (Å²) in [6.07, 6.45) is 0.365. The summed E-state index contributed by atoms with van der Waals surface area (Å²) in [5, 5.41) is 3.46. The molecule has 0 saturated carbocycles. The van der Waals surface area contributed by atoms with Gasteiger partial charge in [-0.15, -0.1) is 0 Å². The fraction of sp³-hybridized carbons (Fsp3) is 1.00. The molecule has 0 radical (unpaired) electrons. The van der Waals surface area contributed by atoms with Crippen molar-refractivity contribution >= 4 is 0 Å². The van der Waals surface area contributed by atoms with Crippen LogP contribution in [0.1, 0.15) is 6.92 Å². The summed E-state index contributed by atoms with van der Waals surface area (Å²) in [5.41, 5.74) is 0. The SMILES string of the molecule is CCN1CCOC(CNC2COC2)C1. The molecule has 2 aliphatic heterocycles. The molecule has 2 rings (SSSR count). The van der Waals surface area contributed by atoms with Gasteiger partial charge in [-0.2, -0.15) is 0 Å². The number of hydrogen-bond acceptors (Lipinski definition) is 4. The minimum absolute atomic E-state index is 0.365. The van der Waals surface area contributed by atoms with Gasteiger partial charge in [0.1, 0.15) is 0 Å². The Morgan fingerprint density at radius 1 is 1.43 bits per heavy atom. The van der Waals surface area contributed by atoms with E-state index in [-0.39, 0.29) is 0 Å². The maximum atomic E-state index is 5.68. The lowest BCUT2D eigenvalue weighted by atomic mass is 10.2. The molecule has 1 N–H and O–H groups in total. The fourth-order valence-corrected chi connectivity index (χ4v) is 1.84. The van der Waals surface area contributed by atoms with Gasteiger partial charge in [0.2, 0.25) is 0 Å². The molecule has 1 atom stereocenters. The second-order valence-electron chi connectivity index (χ2n) is 4.03. The summed E-state index contributed by atoms with van der Waals surface area (Å²) in [6.45, 7) is 9.05. The summed E-state index contributed by atoms with van der Waals surface area (Å²) in [6, 6.07) is 0.565. The number of nitrogens with zero attached hydrogens (tertiary/aromatic N) is 1. The summed E-state index contributed by atoms with van der Waals surface area (Å²) in [7, 11) is 0. The van der Waals surface area contributed by atoms with Crippen molar-refractivity contribution in [2.24, 2.45) is 0 Å². The zero-order valence-corrected chi connectivity index (χ0v) is 8.87. The summed E-state index contributed by atoms with van der Waals surface area (Å²) < 4.78 is 10.8. The molecule has 2 aliphatic rings. The minimum atomic E-state index is 0.365. The molecule has 2 saturated heterocycles. The van der Waals surface area contributed by atoms with Crippen LogP contribution < -0.4 is 5.32 Å². The van der Waals surface area contributed by atoms with E-state index in [2.05, 4.69) is 17.1 Å². The first-order valence-corrected chi connectivity index (χ1v) is 5.53. The van der Waals surface area contributed by atoms with E-state index in [0.717, 1.165) is 46.0 Å². The molecule has 0 aromatic carbocycles. The lowest BCUT2D eigenvalue weighted by Gasteiger charge is -2.34. The number of likely N-dealkylation sites (N-methyl/N-ethyl adjacent to an activating group) is 1. The van der Waals surface area contributed by atoms with Crippen LogP contribution in [0.5, 0.6) is 0 Å². The van der Waals surface area contributed by atoms with E-state index in [4.69, 9.17) is 9.47 Å². The zero-order valence-electron chi connectivity index (χ0n) is 8.87. The van der Waals surface area contributed by atoms with Gasteiger partial charge in [0, 0.05) is 19.6 Å². The van der Waals surface area contributed by atoms with Gasteiger partial charge in [-0.25, -0.2) is 0 Å². The normalized spacial score (nSPS) is 30.2. The Kier molecular flexibility index (Phi) is 3.75. The van der Waals surface area contributed by atoms with Crippen molar-refractivity contribution in [3.8, 4) is 0 Å². The van der Waals surface area contributed by atoms with Gasteiger partial charge in [0.15, 0.2) is 0 Å². The van der Waals surface area contributed by atoms with E-state index >= 15 is 0 Å². The Hall–Kier alpha value is -0.160. The standard InChI is InChI=1S/C10H20N2O2/c1-2-12-3-4-14-10(6-12)5-11-9-7-13-8-9/h9-11H,2-8H2,1H3. The molecule has 0 aromatic heterocycles. The lowest BCUT2D eigenvalue weighted by Crippen LogP contribution is -2.52. The van der Waals surface area contributed by atoms with Crippen LogP contribution in [0.25, 0.3) is 0 Å². The van der Waals surface area contributed by atoms with Crippen LogP contribution in [0.3, 0.4) is 0 Å². The Morgan fingerprint density at radius 3 is 2.93 bits per heavy atom. The molecule has 82 valence electrons. The van der Waals surface area contributed by atoms with Crippen LogP contribution in [0.4, 0.5) is 0 Å². The Bertz CT molecular complexity index is 174. The molecule has 2 heterocycles. The number of nitrogens with one attached hydrogen (secondary N) is 1. The molecule has 0 spiro atoms. The average Bonchev–Trinajstić information content (AvgIpc) is 2.16. The van der Waals surface area contributed by atoms with Crippen molar-refractivity contribution in [1.82, 2.24) is 10.2 Å². The van der Waals surface area contributed by atoms with Crippen molar-refractivity contribution in [3.05, 3.63) is 0 Å². The van der Waals surface area contributed by atoms with Gasteiger partial charge in [0.25, 0.3) is 0 Å². The third-order valence-corrected chi connectivity index (χ3v) is 2.94. The van der Waals surface area contributed by atoms with Crippen LogP contribution in [-0.2, 0) is 9.47 Å². The summed E-state index contributed by atoms with van der Waals surface area (Å²) in [4.78, 5) is 2.44. The monoisotopic (exact) mass is 200 g/mol. The highest BCUT2D eigenvalue weighted by Gasteiger charge is 2.22. The number of ether oxygens (including phenoxy) is 2. The van der Waals surface area contributed by atoms with Crippen LogP contribution >= 0.6 is 0 Å². The first-order valence-electron chi connectivity index (χ1n) is 5.53. The van der Waals surface area contributed by atoms with Gasteiger partial charge in [0.05, 0.1) is 32.0 Å². The highest BCUT2D eigenvalue weighted by molar-refractivity contribution is 4.78. The van der Waals surface area contributed by atoms with Crippen molar-refractivity contribution in [2.45, 2.75) is 19.1 Å². The number of morpholine rings is 1. The maximum Gasteiger partial charge on any atom is 0.0826 e. The predicted molar refractivity (Wildman–Crippen MR) is 54.5 cm³/mol. The summed E-state index contributed by atoms with van der Waals surface area (Å²) in [5.74, 6) is 0. The Balaban J connectivity index is 1.63. The van der Waals surface area contributed by atoms with Crippen LogP contribution in [0.15, 0.2) is 0 Å². The molecule has 0 amide bonds. The van der Waals surface area contributed by atoms with Crippen molar-refractivity contribution in [2.75, 3.05) is 46.0 Å². The van der Waals surface area contributed by atoms with Gasteiger partial charge >= 0.3 is 0 Å². The average molecular weight is 200 g/mol. The van der Waals surface area contributed by atoms with E-state index in [1.54, 1.807) is 0 Å². The van der Waals surface area contributed by atoms with Gasteiger partial charge in [-0.1, -0.05) is 6.92 Å². The Labute approximate surface area is 85.5 Å². The third-order valence-electron chi connectivity index (χ3n) is 2.94. The highest BCUT2D eigenvalue weighted by Crippen LogP contribution is 2.05. The topological polar surface area (TPSA) is 33.7 Å². The quantitative estimate of drug-likeness (QED) is 0.675. The van der Waals surface area contributed by atoms with E-state index in [1.165, 1.54) is 0 Å².